The highest BCUT2D eigenvalue weighted by molar-refractivity contribution is 7.84. The Kier molecular flexibility index (Phi) is 5.30. The molecule has 1 aliphatic heterocycles. The number of hydrogen-bond acceptors (Lipinski definition) is 3. The van der Waals surface area contributed by atoms with Gasteiger partial charge in [-0.1, -0.05) is 12.1 Å². The number of likely N-dealkylation sites (tertiary alicyclic amines) is 1. The van der Waals surface area contributed by atoms with Gasteiger partial charge in [-0.2, -0.15) is 5.10 Å². The molecule has 2 aromatic rings. The predicted molar refractivity (Wildman–Crippen MR) is 92.9 cm³/mol. The van der Waals surface area contributed by atoms with Gasteiger partial charge in [-0.25, -0.2) is 4.79 Å². The van der Waals surface area contributed by atoms with Gasteiger partial charge in [0.25, 0.3) is 0 Å². The molecule has 1 fully saturated rings. The van der Waals surface area contributed by atoms with Crippen LogP contribution in [0.2, 0.25) is 0 Å². The SMILES string of the molecule is C[S@](=O)c1ccc(CNC(=O)N2CCCC[C@@H]2c2cn[nH]c2)cc1. The minimum Gasteiger partial charge on any atom is -0.334 e. The number of nitrogens with zero attached hydrogens (tertiary/aromatic N) is 2. The molecule has 24 heavy (non-hydrogen) atoms. The first-order valence-electron chi connectivity index (χ1n) is 8.10. The molecular weight excluding hydrogens is 324 g/mol. The highest BCUT2D eigenvalue weighted by Gasteiger charge is 2.28. The van der Waals surface area contributed by atoms with Crippen molar-refractivity contribution in [3.8, 4) is 0 Å². The van der Waals surface area contributed by atoms with E-state index in [2.05, 4.69) is 15.5 Å². The molecule has 6 nitrogen and oxygen atoms in total. The zero-order chi connectivity index (χ0) is 16.9. The van der Waals surface area contributed by atoms with E-state index in [0.29, 0.717) is 6.54 Å². The second kappa shape index (κ2) is 7.61. The first-order valence-corrected chi connectivity index (χ1v) is 9.66. The van der Waals surface area contributed by atoms with Crippen molar-refractivity contribution in [1.29, 1.82) is 0 Å². The summed E-state index contributed by atoms with van der Waals surface area (Å²) in [6.45, 7) is 1.22. The smallest absolute Gasteiger partial charge is 0.318 e. The van der Waals surface area contributed by atoms with Crippen LogP contribution in [-0.2, 0) is 17.3 Å². The zero-order valence-corrected chi connectivity index (χ0v) is 14.5. The average Bonchev–Trinajstić information content (AvgIpc) is 3.14. The summed E-state index contributed by atoms with van der Waals surface area (Å²) in [6, 6.07) is 7.52. The number of amides is 2. The topological polar surface area (TPSA) is 78.1 Å². The van der Waals surface area contributed by atoms with Gasteiger partial charge in [0.05, 0.1) is 12.2 Å². The number of rotatable bonds is 4. The molecule has 0 radical (unpaired) electrons. The van der Waals surface area contributed by atoms with Gasteiger partial charge in [0, 0.05) is 46.8 Å². The molecule has 0 aliphatic carbocycles. The van der Waals surface area contributed by atoms with Gasteiger partial charge in [0.2, 0.25) is 0 Å². The van der Waals surface area contributed by atoms with Crippen LogP contribution in [0.15, 0.2) is 41.6 Å². The maximum atomic E-state index is 12.6. The van der Waals surface area contributed by atoms with Crippen LogP contribution in [-0.4, -0.2) is 38.1 Å². The Morgan fingerprint density at radius 3 is 2.83 bits per heavy atom. The van der Waals surface area contributed by atoms with Crippen LogP contribution in [0.25, 0.3) is 0 Å². The first kappa shape index (κ1) is 16.7. The summed E-state index contributed by atoms with van der Waals surface area (Å²) >= 11 is 0. The van der Waals surface area contributed by atoms with Crippen molar-refractivity contribution in [3.63, 3.8) is 0 Å². The summed E-state index contributed by atoms with van der Waals surface area (Å²) in [4.78, 5) is 15.3. The molecular formula is C17H22N4O2S. The Morgan fingerprint density at radius 2 is 2.17 bits per heavy atom. The molecule has 0 bridgehead atoms. The Bertz CT molecular complexity index is 700. The van der Waals surface area contributed by atoms with Gasteiger partial charge in [-0.3, -0.25) is 9.31 Å². The Hall–Kier alpha value is -2.15. The number of carbonyl (C=O) groups excluding carboxylic acids is 1. The average molecular weight is 346 g/mol. The van der Waals surface area contributed by atoms with E-state index in [0.717, 1.165) is 41.8 Å². The molecule has 2 atom stereocenters. The summed E-state index contributed by atoms with van der Waals surface area (Å²) in [7, 11) is -0.980. The fraction of sp³-hybridized carbons (Fsp3) is 0.412. The molecule has 0 unspecified atom stereocenters. The second-order valence-electron chi connectivity index (χ2n) is 5.99. The number of H-pyrrole nitrogens is 1. The number of urea groups is 1. The van der Waals surface area contributed by atoms with Crippen molar-refractivity contribution in [2.45, 2.75) is 36.7 Å². The van der Waals surface area contributed by atoms with E-state index in [1.165, 1.54) is 0 Å². The Balaban J connectivity index is 1.62. The lowest BCUT2D eigenvalue weighted by Gasteiger charge is -2.35. The number of piperidine rings is 1. The Labute approximate surface area is 144 Å². The van der Waals surface area contributed by atoms with Crippen LogP contribution in [0.5, 0.6) is 0 Å². The molecule has 1 aromatic heterocycles. The number of benzene rings is 1. The summed E-state index contributed by atoms with van der Waals surface area (Å²) in [5.74, 6) is 0. The fourth-order valence-electron chi connectivity index (χ4n) is 3.04. The normalized spacial score (nSPS) is 19.0. The van der Waals surface area contributed by atoms with E-state index in [1.807, 2.05) is 35.4 Å². The van der Waals surface area contributed by atoms with Crippen LogP contribution in [0.3, 0.4) is 0 Å². The molecule has 2 N–H and O–H groups in total. The Morgan fingerprint density at radius 1 is 1.38 bits per heavy atom. The second-order valence-corrected chi connectivity index (χ2v) is 7.37. The molecule has 2 amide bonds. The van der Waals surface area contributed by atoms with E-state index in [4.69, 9.17) is 0 Å². The van der Waals surface area contributed by atoms with Crippen LogP contribution in [0.4, 0.5) is 4.79 Å². The molecule has 0 saturated carbocycles. The van der Waals surface area contributed by atoms with E-state index in [9.17, 15) is 9.00 Å². The molecule has 2 heterocycles. The van der Waals surface area contributed by atoms with Crippen molar-refractivity contribution >= 4 is 16.8 Å². The van der Waals surface area contributed by atoms with Crippen molar-refractivity contribution in [1.82, 2.24) is 20.4 Å². The monoisotopic (exact) mass is 346 g/mol. The maximum absolute atomic E-state index is 12.6. The molecule has 1 aliphatic rings. The first-order chi connectivity index (χ1) is 11.6. The highest BCUT2D eigenvalue weighted by Crippen LogP contribution is 2.30. The van der Waals surface area contributed by atoms with Gasteiger partial charge in [-0.15, -0.1) is 0 Å². The number of aromatic amines is 1. The van der Waals surface area contributed by atoms with E-state index in [1.54, 1.807) is 12.5 Å². The lowest BCUT2D eigenvalue weighted by molar-refractivity contribution is 0.151. The van der Waals surface area contributed by atoms with Gasteiger partial charge in [0.15, 0.2) is 0 Å². The van der Waals surface area contributed by atoms with E-state index >= 15 is 0 Å². The number of carbonyl (C=O) groups is 1. The summed E-state index contributed by atoms with van der Waals surface area (Å²) in [6.07, 6.45) is 8.42. The largest absolute Gasteiger partial charge is 0.334 e. The van der Waals surface area contributed by atoms with Crippen LogP contribution >= 0.6 is 0 Å². The van der Waals surface area contributed by atoms with Crippen molar-refractivity contribution in [2.75, 3.05) is 12.8 Å². The number of hydrogen-bond donors (Lipinski definition) is 2. The third-order valence-corrected chi connectivity index (χ3v) is 5.30. The van der Waals surface area contributed by atoms with Gasteiger partial charge in [0.1, 0.15) is 0 Å². The van der Waals surface area contributed by atoms with Gasteiger partial charge >= 0.3 is 6.03 Å². The molecule has 7 heteroatoms. The van der Waals surface area contributed by atoms with E-state index in [-0.39, 0.29) is 12.1 Å². The lowest BCUT2D eigenvalue weighted by atomic mass is 9.98. The minimum absolute atomic E-state index is 0.0518. The zero-order valence-electron chi connectivity index (χ0n) is 13.7. The predicted octanol–water partition coefficient (Wildman–Crippen LogP) is 2.58. The van der Waals surface area contributed by atoms with Crippen LogP contribution in [0.1, 0.15) is 36.4 Å². The van der Waals surface area contributed by atoms with Crippen molar-refractivity contribution < 1.29 is 9.00 Å². The van der Waals surface area contributed by atoms with Crippen LogP contribution in [0, 0.1) is 0 Å². The quantitative estimate of drug-likeness (QED) is 0.893. The maximum Gasteiger partial charge on any atom is 0.318 e. The molecule has 128 valence electrons. The third-order valence-electron chi connectivity index (χ3n) is 4.37. The van der Waals surface area contributed by atoms with Gasteiger partial charge < -0.3 is 10.2 Å². The summed E-state index contributed by atoms with van der Waals surface area (Å²) in [5, 5.41) is 9.81. The minimum atomic E-state index is -0.980. The summed E-state index contributed by atoms with van der Waals surface area (Å²) in [5.41, 5.74) is 2.05. The van der Waals surface area contributed by atoms with Gasteiger partial charge in [-0.05, 0) is 37.0 Å². The number of aromatic nitrogens is 2. The standard InChI is InChI=1S/C17H22N4O2S/c1-24(23)15-7-5-13(6-8-15)10-18-17(22)21-9-3-2-4-16(21)14-11-19-20-12-14/h5-8,11-12,16H,2-4,9-10H2,1H3,(H,18,22)(H,19,20)/t16-,24+/m1/s1. The third kappa shape index (κ3) is 3.84. The molecule has 0 spiro atoms. The molecule has 3 rings (SSSR count). The molecule has 1 saturated heterocycles. The van der Waals surface area contributed by atoms with E-state index < -0.39 is 10.8 Å². The fourth-order valence-corrected chi connectivity index (χ4v) is 3.56. The van der Waals surface area contributed by atoms with Crippen LogP contribution < -0.4 is 5.32 Å². The molecule has 1 aromatic carbocycles. The summed E-state index contributed by atoms with van der Waals surface area (Å²) < 4.78 is 11.4. The van der Waals surface area contributed by atoms with Crippen molar-refractivity contribution in [2.24, 2.45) is 0 Å². The lowest BCUT2D eigenvalue weighted by Crippen LogP contribution is -2.44. The number of nitrogens with one attached hydrogen (secondary N) is 2. The van der Waals surface area contributed by atoms with Crippen molar-refractivity contribution in [3.05, 3.63) is 47.8 Å². The highest BCUT2D eigenvalue weighted by atomic mass is 32.2.